The highest BCUT2D eigenvalue weighted by molar-refractivity contribution is 7.92. The number of hydrogen-bond donors (Lipinski definition) is 2. The Morgan fingerprint density at radius 1 is 1.17 bits per heavy atom. The Morgan fingerprint density at radius 2 is 1.93 bits per heavy atom. The summed E-state index contributed by atoms with van der Waals surface area (Å²) in [6, 6.07) is 10.7. The lowest BCUT2D eigenvalue weighted by Gasteiger charge is -2.11. The number of nitrogens with one attached hydrogen (secondary N) is 2. The van der Waals surface area contributed by atoms with Crippen molar-refractivity contribution in [2.45, 2.75) is 18.4 Å². The van der Waals surface area contributed by atoms with Gasteiger partial charge in [0.15, 0.2) is 0 Å². The maximum Gasteiger partial charge on any atom is 0.387 e. The number of aromatic nitrogens is 2. The first-order chi connectivity index (χ1) is 13.6. The minimum Gasteiger partial charge on any atom is -0.433 e. The molecule has 0 aliphatic heterocycles. The van der Waals surface area contributed by atoms with Crippen LogP contribution in [0.3, 0.4) is 0 Å². The molecule has 0 saturated heterocycles. The van der Waals surface area contributed by atoms with E-state index in [2.05, 4.69) is 19.4 Å². The molecule has 0 saturated carbocycles. The number of alkyl halides is 2. The predicted octanol–water partition coefficient (Wildman–Crippen LogP) is 3.80. The average molecular weight is 442 g/mol. The topological polar surface area (TPSA) is 101 Å². The lowest BCUT2D eigenvalue weighted by molar-refractivity contribution is -0.0498. The highest BCUT2D eigenvalue weighted by Gasteiger charge is 2.18. The summed E-state index contributed by atoms with van der Waals surface area (Å²) in [7, 11) is -4.07. The monoisotopic (exact) mass is 441 g/mol. The summed E-state index contributed by atoms with van der Waals surface area (Å²) in [5.41, 5.74) is 0.870. The van der Waals surface area contributed by atoms with Crippen molar-refractivity contribution in [2.75, 3.05) is 4.72 Å². The molecule has 2 N–H and O–H groups in total. The first-order valence-corrected chi connectivity index (χ1v) is 9.96. The van der Waals surface area contributed by atoms with Crippen LogP contribution in [-0.4, -0.2) is 25.0 Å². The smallest absolute Gasteiger partial charge is 0.387 e. The van der Waals surface area contributed by atoms with Gasteiger partial charge < -0.3 is 9.72 Å². The van der Waals surface area contributed by atoms with Gasteiger partial charge in [0, 0.05) is 23.0 Å². The third-order valence-corrected chi connectivity index (χ3v) is 5.36. The van der Waals surface area contributed by atoms with Crippen molar-refractivity contribution >= 4 is 27.3 Å². The summed E-state index contributed by atoms with van der Waals surface area (Å²) in [6.45, 7) is -1.42. The minimum absolute atomic E-state index is 0.204. The van der Waals surface area contributed by atoms with Crippen molar-refractivity contribution in [3.8, 4) is 17.1 Å². The lowest BCUT2D eigenvalue weighted by atomic mass is 10.2. The van der Waals surface area contributed by atoms with Crippen LogP contribution in [-0.2, 0) is 10.0 Å². The summed E-state index contributed by atoms with van der Waals surface area (Å²) in [5, 5.41) is -0.275. The number of ether oxygens (including phenoxy) is 1. The van der Waals surface area contributed by atoms with Crippen LogP contribution in [0.25, 0.3) is 11.4 Å². The van der Waals surface area contributed by atoms with E-state index in [4.69, 9.17) is 11.6 Å². The van der Waals surface area contributed by atoms with Gasteiger partial charge in [-0.1, -0.05) is 23.7 Å². The third-order valence-electron chi connectivity index (χ3n) is 3.69. The molecular weight excluding hydrogens is 428 g/mol. The molecule has 1 heterocycles. The van der Waals surface area contributed by atoms with Crippen molar-refractivity contribution < 1.29 is 21.9 Å². The summed E-state index contributed by atoms with van der Waals surface area (Å²) in [5.74, 6) is -0.0512. The maximum absolute atomic E-state index is 12.6. The molecule has 7 nitrogen and oxygen atoms in total. The number of sulfonamides is 1. The molecule has 1 aromatic heterocycles. The van der Waals surface area contributed by atoms with E-state index in [0.717, 1.165) is 18.2 Å². The van der Waals surface area contributed by atoms with Crippen molar-refractivity contribution in [1.29, 1.82) is 0 Å². The molecule has 0 fully saturated rings. The standard InChI is InChI=1S/C18H14ClF2N3O4S/c1-10-7-16(25)23-17(22-10)11-3-2-4-12(8-11)24-29(26,27)13-5-6-15(14(19)9-13)28-18(20)21/h2-9,18,24H,1H3,(H,22,23,25). The summed E-state index contributed by atoms with van der Waals surface area (Å²) in [6.07, 6.45) is 0. The van der Waals surface area contributed by atoms with E-state index in [9.17, 15) is 22.0 Å². The van der Waals surface area contributed by atoms with Gasteiger partial charge in [-0.3, -0.25) is 9.52 Å². The number of nitrogens with zero attached hydrogens (tertiary/aromatic N) is 1. The van der Waals surface area contributed by atoms with Gasteiger partial charge in [-0.2, -0.15) is 8.78 Å². The van der Waals surface area contributed by atoms with Crippen LogP contribution >= 0.6 is 11.6 Å². The number of aryl methyl sites for hydroxylation is 1. The number of aromatic amines is 1. The number of rotatable bonds is 6. The lowest BCUT2D eigenvalue weighted by Crippen LogP contribution is -2.13. The normalized spacial score (nSPS) is 11.5. The highest BCUT2D eigenvalue weighted by atomic mass is 35.5. The molecule has 0 aliphatic carbocycles. The van der Waals surface area contributed by atoms with Crippen LogP contribution in [0.5, 0.6) is 5.75 Å². The number of benzene rings is 2. The molecule has 0 atom stereocenters. The molecule has 0 spiro atoms. The van der Waals surface area contributed by atoms with Crippen molar-refractivity contribution in [3.63, 3.8) is 0 Å². The van der Waals surface area contributed by atoms with Crippen LogP contribution < -0.4 is 15.0 Å². The van der Waals surface area contributed by atoms with Gasteiger partial charge in [0.05, 0.1) is 9.92 Å². The number of H-pyrrole nitrogens is 1. The first kappa shape index (κ1) is 20.7. The van der Waals surface area contributed by atoms with Gasteiger partial charge in [0.2, 0.25) is 0 Å². The Morgan fingerprint density at radius 3 is 2.59 bits per heavy atom. The zero-order chi connectivity index (χ0) is 21.2. The van der Waals surface area contributed by atoms with Crippen LogP contribution in [0.15, 0.2) is 58.2 Å². The van der Waals surface area contributed by atoms with E-state index >= 15 is 0 Å². The number of hydrogen-bond acceptors (Lipinski definition) is 5. The summed E-state index contributed by atoms with van der Waals surface area (Å²) >= 11 is 5.82. The van der Waals surface area contributed by atoms with Gasteiger partial charge in [0.25, 0.3) is 15.6 Å². The Balaban J connectivity index is 1.89. The fraction of sp³-hybridized carbons (Fsp3) is 0.111. The van der Waals surface area contributed by atoms with Gasteiger partial charge in [-0.25, -0.2) is 13.4 Å². The molecule has 0 radical (unpaired) electrons. The van der Waals surface area contributed by atoms with E-state index in [1.54, 1.807) is 19.1 Å². The molecule has 152 valence electrons. The second-order valence-electron chi connectivity index (χ2n) is 5.89. The summed E-state index contributed by atoms with van der Waals surface area (Å²) in [4.78, 5) is 18.2. The summed E-state index contributed by atoms with van der Waals surface area (Å²) < 4.78 is 56.4. The van der Waals surface area contributed by atoms with E-state index < -0.39 is 16.6 Å². The van der Waals surface area contributed by atoms with E-state index in [0.29, 0.717) is 11.3 Å². The molecule has 0 unspecified atom stereocenters. The van der Waals surface area contributed by atoms with E-state index in [-0.39, 0.29) is 32.7 Å². The van der Waals surface area contributed by atoms with Gasteiger partial charge >= 0.3 is 6.61 Å². The Kier molecular flexibility index (Phi) is 5.85. The largest absolute Gasteiger partial charge is 0.433 e. The van der Waals surface area contributed by atoms with E-state index in [1.165, 1.54) is 18.2 Å². The maximum atomic E-state index is 12.6. The van der Waals surface area contributed by atoms with Gasteiger partial charge in [-0.05, 0) is 37.3 Å². The van der Waals surface area contributed by atoms with Gasteiger partial charge in [-0.15, -0.1) is 0 Å². The molecular formula is C18H14ClF2N3O4S. The molecule has 29 heavy (non-hydrogen) atoms. The zero-order valence-electron chi connectivity index (χ0n) is 14.8. The Labute approximate surface area is 169 Å². The quantitative estimate of drug-likeness (QED) is 0.606. The molecule has 3 rings (SSSR count). The molecule has 0 amide bonds. The second-order valence-corrected chi connectivity index (χ2v) is 7.98. The average Bonchev–Trinajstić information content (AvgIpc) is 2.62. The molecule has 0 aliphatic rings. The molecule has 2 aromatic carbocycles. The first-order valence-electron chi connectivity index (χ1n) is 8.09. The number of anilines is 1. The van der Waals surface area contributed by atoms with Gasteiger partial charge in [0.1, 0.15) is 11.6 Å². The van der Waals surface area contributed by atoms with Crippen LogP contribution in [0.2, 0.25) is 5.02 Å². The molecule has 11 heteroatoms. The van der Waals surface area contributed by atoms with Crippen molar-refractivity contribution in [3.05, 3.63) is 69.6 Å². The van der Waals surface area contributed by atoms with Crippen molar-refractivity contribution in [1.82, 2.24) is 9.97 Å². The Bertz CT molecular complexity index is 1220. The zero-order valence-corrected chi connectivity index (χ0v) is 16.4. The Hall–Kier alpha value is -2.98. The second kappa shape index (κ2) is 8.18. The third kappa shape index (κ3) is 5.09. The fourth-order valence-corrected chi connectivity index (χ4v) is 3.87. The van der Waals surface area contributed by atoms with Crippen molar-refractivity contribution in [2.24, 2.45) is 0 Å². The highest BCUT2D eigenvalue weighted by Crippen LogP contribution is 2.29. The number of halogens is 3. The van der Waals surface area contributed by atoms with Crippen LogP contribution in [0.1, 0.15) is 5.69 Å². The molecule has 3 aromatic rings. The van der Waals surface area contributed by atoms with Crippen LogP contribution in [0, 0.1) is 6.92 Å². The molecule has 0 bridgehead atoms. The SMILES string of the molecule is Cc1cc(=O)[nH]c(-c2cccc(NS(=O)(=O)c3ccc(OC(F)F)c(Cl)c3)c2)n1. The van der Waals surface area contributed by atoms with E-state index in [1.807, 2.05) is 0 Å². The van der Waals surface area contributed by atoms with Crippen LogP contribution in [0.4, 0.5) is 14.5 Å². The predicted molar refractivity (Wildman–Crippen MR) is 104 cm³/mol. The fourth-order valence-electron chi connectivity index (χ4n) is 2.50. The minimum atomic E-state index is -4.07.